The molecule has 0 spiro atoms. The van der Waals surface area contributed by atoms with Crippen molar-refractivity contribution in [1.82, 2.24) is 10.3 Å². The van der Waals surface area contributed by atoms with Gasteiger partial charge in [0.05, 0.1) is 12.1 Å². The second kappa shape index (κ2) is 4.18. The number of aromatic nitrogens is 1. The zero-order valence-electron chi connectivity index (χ0n) is 6.67. The number of halogens is 1. The number of rotatable bonds is 3. The fourth-order valence-corrected chi connectivity index (χ4v) is 1.07. The minimum Gasteiger partial charge on any atom is -0.313 e. The van der Waals surface area contributed by atoms with Crippen LogP contribution in [0.25, 0.3) is 0 Å². The average Bonchev–Trinajstić information content (AvgIpc) is 2.05. The molecule has 0 aliphatic carbocycles. The monoisotopic (exact) mass is 184 g/mol. The highest BCUT2D eigenvalue weighted by molar-refractivity contribution is 6.32. The minimum absolute atomic E-state index is 0.0457. The normalized spacial score (nSPS) is 9.83. The molecule has 12 heavy (non-hydrogen) atoms. The lowest BCUT2D eigenvalue weighted by Gasteiger charge is -2.00. The molecule has 0 unspecified atom stereocenters. The smallest absolute Gasteiger partial charge is 0.179 e. The van der Waals surface area contributed by atoms with Crippen LogP contribution in [0.2, 0.25) is 5.15 Å². The van der Waals surface area contributed by atoms with E-state index in [0.717, 1.165) is 0 Å². The van der Waals surface area contributed by atoms with Gasteiger partial charge in [-0.1, -0.05) is 11.6 Å². The van der Waals surface area contributed by atoms with Crippen molar-refractivity contribution in [2.45, 2.75) is 0 Å². The standard InChI is InChI=1S/C8H9ClN2O/c1-10-5-7(12)6-3-2-4-11-8(6)9/h2-4,10H,5H2,1H3. The van der Waals surface area contributed by atoms with Gasteiger partial charge in [-0.3, -0.25) is 4.79 Å². The molecule has 0 aliphatic heterocycles. The highest BCUT2D eigenvalue weighted by Gasteiger charge is 2.08. The summed E-state index contributed by atoms with van der Waals surface area (Å²) in [5.74, 6) is -0.0457. The molecule has 0 aromatic carbocycles. The Bertz CT molecular complexity index is 288. The summed E-state index contributed by atoms with van der Waals surface area (Å²) in [5, 5.41) is 3.02. The second-order valence-corrected chi connectivity index (χ2v) is 2.65. The molecular weight excluding hydrogens is 176 g/mol. The SMILES string of the molecule is CNCC(=O)c1cccnc1Cl. The first-order valence-electron chi connectivity index (χ1n) is 3.54. The Labute approximate surface area is 75.8 Å². The van der Waals surface area contributed by atoms with E-state index >= 15 is 0 Å². The summed E-state index contributed by atoms with van der Waals surface area (Å²) < 4.78 is 0. The van der Waals surface area contributed by atoms with Crippen molar-refractivity contribution in [1.29, 1.82) is 0 Å². The molecule has 3 nitrogen and oxygen atoms in total. The number of carbonyl (C=O) groups is 1. The number of likely N-dealkylation sites (N-methyl/N-ethyl adjacent to an activating group) is 1. The van der Waals surface area contributed by atoms with Crippen molar-refractivity contribution in [2.75, 3.05) is 13.6 Å². The first-order valence-corrected chi connectivity index (χ1v) is 3.92. The van der Waals surface area contributed by atoms with Gasteiger partial charge in [-0.25, -0.2) is 4.98 Å². The zero-order valence-corrected chi connectivity index (χ0v) is 7.43. The zero-order chi connectivity index (χ0) is 8.97. The molecule has 4 heteroatoms. The van der Waals surface area contributed by atoms with Crippen LogP contribution in [0, 0.1) is 0 Å². The number of nitrogens with zero attached hydrogens (tertiary/aromatic N) is 1. The van der Waals surface area contributed by atoms with Gasteiger partial charge in [-0.05, 0) is 19.2 Å². The molecule has 0 atom stereocenters. The van der Waals surface area contributed by atoms with Gasteiger partial charge >= 0.3 is 0 Å². The molecule has 1 N–H and O–H groups in total. The van der Waals surface area contributed by atoms with Gasteiger partial charge < -0.3 is 5.32 Å². The van der Waals surface area contributed by atoms with E-state index in [9.17, 15) is 4.79 Å². The largest absolute Gasteiger partial charge is 0.313 e. The van der Waals surface area contributed by atoms with E-state index < -0.39 is 0 Å². The number of carbonyl (C=O) groups excluding carboxylic acids is 1. The molecule has 1 heterocycles. The second-order valence-electron chi connectivity index (χ2n) is 2.30. The fraction of sp³-hybridized carbons (Fsp3) is 0.250. The van der Waals surface area contributed by atoms with Crippen molar-refractivity contribution in [3.8, 4) is 0 Å². The van der Waals surface area contributed by atoms with Gasteiger partial charge in [0.15, 0.2) is 5.78 Å². The first kappa shape index (κ1) is 9.16. The number of hydrogen-bond acceptors (Lipinski definition) is 3. The lowest BCUT2D eigenvalue weighted by atomic mass is 10.2. The third-order valence-corrected chi connectivity index (χ3v) is 1.70. The van der Waals surface area contributed by atoms with Crippen molar-refractivity contribution >= 4 is 17.4 Å². The summed E-state index contributed by atoms with van der Waals surface area (Å²) in [6.45, 7) is 0.283. The molecule has 0 amide bonds. The molecule has 64 valence electrons. The lowest BCUT2D eigenvalue weighted by molar-refractivity contribution is 0.0993. The van der Waals surface area contributed by atoms with E-state index in [1.165, 1.54) is 0 Å². The van der Waals surface area contributed by atoms with Crippen molar-refractivity contribution in [3.63, 3.8) is 0 Å². The fourth-order valence-electron chi connectivity index (χ4n) is 0.850. The van der Waals surface area contributed by atoms with Crippen molar-refractivity contribution in [3.05, 3.63) is 29.0 Å². The Hall–Kier alpha value is -0.930. The Morgan fingerprint density at radius 2 is 2.50 bits per heavy atom. The Morgan fingerprint density at radius 1 is 1.75 bits per heavy atom. The number of pyridine rings is 1. The van der Waals surface area contributed by atoms with Crippen LogP contribution in [0.3, 0.4) is 0 Å². The Kier molecular flexibility index (Phi) is 3.19. The number of nitrogens with one attached hydrogen (secondary N) is 1. The number of hydrogen-bond donors (Lipinski definition) is 1. The van der Waals surface area contributed by atoms with Gasteiger partial charge in [0.1, 0.15) is 5.15 Å². The molecule has 0 bridgehead atoms. The maximum Gasteiger partial charge on any atom is 0.179 e. The van der Waals surface area contributed by atoms with Crippen LogP contribution < -0.4 is 5.32 Å². The van der Waals surface area contributed by atoms with Crippen LogP contribution in [-0.2, 0) is 0 Å². The number of ketones is 1. The molecule has 1 rings (SSSR count). The topological polar surface area (TPSA) is 42.0 Å². The van der Waals surface area contributed by atoms with Crippen LogP contribution >= 0.6 is 11.6 Å². The van der Waals surface area contributed by atoms with Crippen molar-refractivity contribution < 1.29 is 4.79 Å². The van der Waals surface area contributed by atoms with E-state index in [0.29, 0.717) is 5.56 Å². The van der Waals surface area contributed by atoms with Gasteiger partial charge in [-0.2, -0.15) is 0 Å². The summed E-state index contributed by atoms with van der Waals surface area (Å²) in [7, 11) is 1.71. The third-order valence-electron chi connectivity index (χ3n) is 1.40. The quantitative estimate of drug-likeness (QED) is 0.566. The van der Waals surface area contributed by atoms with E-state index in [1.807, 2.05) is 0 Å². The minimum atomic E-state index is -0.0457. The van der Waals surface area contributed by atoms with E-state index in [4.69, 9.17) is 11.6 Å². The lowest BCUT2D eigenvalue weighted by Crippen LogP contribution is -2.18. The molecule has 0 fully saturated rings. The molecule has 0 aliphatic rings. The maximum absolute atomic E-state index is 11.3. The molecule has 1 aromatic rings. The molecule has 1 aromatic heterocycles. The van der Waals surface area contributed by atoms with Crippen LogP contribution in [0.5, 0.6) is 0 Å². The molecule has 0 saturated heterocycles. The van der Waals surface area contributed by atoms with Crippen LogP contribution in [0.4, 0.5) is 0 Å². The Balaban J connectivity index is 2.87. The first-order chi connectivity index (χ1) is 5.75. The summed E-state index contributed by atoms with van der Waals surface area (Å²) >= 11 is 5.70. The van der Waals surface area contributed by atoms with Crippen LogP contribution in [-0.4, -0.2) is 24.4 Å². The van der Waals surface area contributed by atoms with Crippen LogP contribution in [0.15, 0.2) is 18.3 Å². The summed E-state index contributed by atoms with van der Waals surface area (Å²) in [4.78, 5) is 15.1. The van der Waals surface area contributed by atoms with Gasteiger partial charge in [-0.15, -0.1) is 0 Å². The van der Waals surface area contributed by atoms with Crippen LogP contribution in [0.1, 0.15) is 10.4 Å². The average molecular weight is 185 g/mol. The highest BCUT2D eigenvalue weighted by atomic mass is 35.5. The summed E-state index contributed by atoms with van der Waals surface area (Å²) in [5.41, 5.74) is 0.466. The van der Waals surface area contributed by atoms with Gasteiger partial charge in [0.2, 0.25) is 0 Å². The molecular formula is C8H9ClN2O. The van der Waals surface area contributed by atoms with E-state index in [1.54, 1.807) is 25.4 Å². The van der Waals surface area contributed by atoms with Gasteiger partial charge in [0.25, 0.3) is 0 Å². The molecule has 0 saturated carbocycles. The van der Waals surface area contributed by atoms with E-state index in [-0.39, 0.29) is 17.5 Å². The van der Waals surface area contributed by atoms with E-state index in [2.05, 4.69) is 10.3 Å². The maximum atomic E-state index is 11.3. The third kappa shape index (κ3) is 2.03. The van der Waals surface area contributed by atoms with Crippen molar-refractivity contribution in [2.24, 2.45) is 0 Å². The molecule has 0 radical (unpaired) electrons. The number of Topliss-reactive ketones (excluding diaryl/α,β-unsaturated/α-hetero) is 1. The highest BCUT2D eigenvalue weighted by Crippen LogP contribution is 2.11. The van der Waals surface area contributed by atoms with Gasteiger partial charge in [0, 0.05) is 6.20 Å². The summed E-state index contributed by atoms with van der Waals surface area (Å²) in [6, 6.07) is 3.35. The predicted molar refractivity (Wildman–Crippen MR) is 47.5 cm³/mol. The Morgan fingerprint density at radius 3 is 3.08 bits per heavy atom. The summed E-state index contributed by atoms with van der Waals surface area (Å²) in [6.07, 6.45) is 1.55. The predicted octanol–water partition coefficient (Wildman–Crippen LogP) is 1.14.